The molecule has 0 fully saturated rings. The summed E-state index contributed by atoms with van der Waals surface area (Å²) in [6, 6.07) is -0.167. The van der Waals surface area contributed by atoms with Crippen LogP contribution >= 0.6 is 0 Å². The lowest BCUT2D eigenvalue weighted by Crippen LogP contribution is -2.44. The summed E-state index contributed by atoms with van der Waals surface area (Å²) in [6.07, 6.45) is 0. The van der Waals surface area contributed by atoms with Crippen molar-refractivity contribution in [2.24, 2.45) is 5.73 Å². The number of amidine groups is 1. The predicted molar refractivity (Wildman–Crippen MR) is 51.7 cm³/mol. The molecule has 0 heterocycles. The van der Waals surface area contributed by atoms with E-state index in [4.69, 9.17) is 11.1 Å². The van der Waals surface area contributed by atoms with Gasteiger partial charge in [0.25, 0.3) is 10.2 Å². The quantitative estimate of drug-likeness (QED) is 0.403. The van der Waals surface area contributed by atoms with Crippen LogP contribution in [0.25, 0.3) is 0 Å². The monoisotopic (exact) mass is 208 g/mol. The van der Waals surface area contributed by atoms with Crippen molar-refractivity contribution in [3.8, 4) is 0 Å². The molecule has 0 aliphatic rings. The predicted octanol–water partition coefficient (Wildman–Crippen LogP) is -0.903. The smallest absolute Gasteiger partial charge is 0.279 e. The Hall–Kier alpha value is -0.660. The second kappa shape index (κ2) is 4.54. The SMILES string of the molecule is CC(C)NS(=O)(=O)N(C)CC(=N)N. The molecule has 0 saturated heterocycles. The summed E-state index contributed by atoms with van der Waals surface area (Å²) in [5, 5.41) is 6.93. The minimum atomic E-state index is -3.49. The van der Waals surface area contributed by atoms with E-state index in [2.05, 4.69) is 4.72 Å². The van der Waals surface area contributed by atoms with Crippen LogP contribution in [0.2, 0.25) is 0 Å². The van der Waals surface area contributed by atoms with Gasteiger partial charge in [-0.2, -0.15) is 17.4 Å². The average molecular weight is 208 g/mol. The molecular formula is C6H16N4O2S. The summed E-state index contributed by atoms with van der Waals surface area (Å²) < 4.78 is 26.0. The second-order valence-electron chi connectivity index (χ2n) is 3.06. The highest BCUT2D eigenvalue weighted by atomic mass is 32.2. The highest BCUT2D eigenvalue weighted by Gasteiger charge is 2.18. The molecule has 7 heteroatoms. The summed E-state index contributed by atoms with van der Waals surface area (Å²) in [5.74, 6) is -0.184. The van der Waals surface area contributed by atoms with E-state index in [1.807, 2.05) is 0 Å². The molecule has 0 amide bonds. The molecule has 78 valence electrons. The number of nitrogens with zero attached hydrogens (tertiary/aromatic N) is 1. The first-order valence-electron chi connectivity index (χ1n) is 3.82. The van der Waals surface area contributed by atoms with Crippen molar-refractivity contribution in [3.63, 3.8) is 0 Å². The first-order chi connectivity index (χ1) is 5.75. The van der Waals surface area contributed by atoms with Crippen molar-refractivity contribution in [2.45, 2.75) is 19.9 Å². The molecule has 0 rings (SSSR count). The zero-order valence-corrected chi connectivity index (χ0v) is 8.85. The average Bonchev–Trinajstić information content (AvgIpc) is 1.81. The Morgan fingerprint density at radius 2 is 2.08 bits per heavy atom. The van der Waals surface area contributed by atoms with E-state index < -0.39 is 10.2 Å². The molecule has 4 N–H and O–H groups in total. The lowest BCUT2D eigenvalue weighted by Gasteiger charge is -2.18. The van der Waals surface area contributed by atoms with Crippen molar-refractivity contribution in [1.29, 1.82) is 5.41 Å². The van der Waals surface area contributed by atoms with Crippen molar-refractivity contribution in [1.82, 2.24) is 9.03 Å². The van der Waals surface area contributed by atoms with Crippen LogP contribution in [-0.2, 0) is 10.2 Å². The number of rotatable bonds is 5. The Labute approximate surface area is 78.8 Å². The van der Waals surface area contributed by atoms with Crippen LogP contribution in [-0.4, -0.2) is 38.2 Å². The zero-order chi connectivity index (χ0) is 10.6. The molecule has 0 aliphatic heterocycles. The van der Waals surface area contributed by atoms with E-state index in [0.29, 0.717) is 0 Å². The number of hydrogen-bond donors (Lipinski definition) is 3. The minimum absolute atomic E-state index is 0.0952. The molecule has 0 atom stereocenters. The summed E-state index contributed by atoms with van der Waals surface area (Å²) >= 11 is 0. The molecular weight excluding hydrogens is 192 g/mol. The Balaban J connectivity index is 4.37. The molecule has 0 aromatic heterocycles. The van der Waals surface area contributed by atoms with Crippen LogP contribution < -0.4 is 10.5 Å². The van der Waals surface area contributed by atoms with Crippen molar-refractivity contribution < 1.29 is 8.42 Å². The summed E-state index contributed by atoms with van der Waals surface area (Å²) in [5.41, 5.74) is 5.07. The van der Waals surface area contributed by atoms with Gasteiger partial charge < -0.3 is 5.73 Å². The van der Waals surface area contributed by atoms with Gasteiger partial charge in [0.15, 0.2) is 0 Å². The van der Waals surface area contributed by atoms with Gasteiger partial charge >= 0.3 is 0 Å². The maximum absolute atomic E-state index is 11.3. The van der Waals surface area contributed by atoms with Gasteiger partial charge in [-0.1, -0.05) is 0 Å². The van der Waals surface area contributed by atoms with Gasteiger partial charge in [-0.3, -0.25) is 5.41 Å². The standard InChI is InChI=1S/C6H16N4O2S/c1-5(2)9-13(11,12)10(3)4-6(7)8/h5,9H,4H2,1-3H3,(H3,7,8). The Morgan fingerprint density at radius 3 is 2.38 bits per heavy atom. The van der Waals surface area contributed by atoms with Crippen LogP contribution in [0.1, 0.15) is 13.8 Å². The summed E-state index contributed by atoms with van der Waals surface area (Å²) in [7, 11) is -2.12. The fourth-order valence-electron chi connectivity index (χ4n) is 0.713. The van der Waals surface area contributed by atoms with Crippen molar-refractivity contribution in [3.05, 3.63) is 0 Å². The number of nitrogens with two attached hydrogens (primary N) is 1. The van der Waals surface area contributed by atoms with Crippen LogP contribution in [0.4, 0.5) is 0 Å². The van der Waals surface area contributed by atoms with Crippen LogP contribution in [0.15, 0.2) is 0 Å². The molecule has 0 spiro atoms. The fraction of sp³-hybridized carbons (Fsp3) is 0.833. The lowest BCUT2D eigenvalue weighted by molar-refractivity contribution is 0.482. The largest absolute Gasteiger partial charge is 0.387 e. The van der Waals surface area contributed by atoms with Crippen LogP contribution in [0, 0.1) is 5.41 Å². The van der Waals surface area contributed by atoms with Crippen LogP contribution in [0.5, 0.6) is 0 Å². The molecule has 0 saturated carbocycles. The highest BCUT2D eigenvalue weighted by Crippen LogP contribution is 1.94. The number of likely N-dealkylation sites (N-methyl/N-ethyl adjacent to an activating group) is 1. The summed E-state index contributed by atoms with van der Waals surface area (Å²) in [4.78, 5) is 0. The molecule has 6 nitrogen and oxygen atoms in total. The molecule has 0 unspecified atom stereocenters. The van der Waals surface area contributed by atoms with Gasteiger partial charge in [0.05, 0.1) is 6.54 Å². The zero-order valence-electron chi connectivity index (χ0n) is 8.03. The van der Waals surface area contributed by atoms with Gasteiger partial charge in [0.2, 0.25) is 0 Å². The van der Waals surface area contributed by atoms with Gasteiger partial charge in [0, 0.05) is 13.1 Å². The van der Waals surface area contributed by atoms with Gasteiger partial charge in [-0.05, 0) is 13.8 Å². The van der Waals surface area contributed by atoms with E-state index in [9.17, 15) is 8.42 Å². The van der Waals surface area contributed by atoms with E-state index in [0.717, 1.165) is 4.31 Å². The maximum Gasteiger partial charge on any atom is 0.279 e. The molecule has 0 aromatic carbocycles. The molecule has 13 heavy (non-hydrogen) atoms. The normalized spacial score (nSPS) is 12.4. The molecule has 0 bridgehead atoms. The van der Waals surface area contributed by atoms with Gasteiger partial charge in [-0.15, -0.1) is 0 Å². The van der Waals surface area contributed by atoms with Gasteiger partial charge in [-0.25, -0.2) is 0 Å². The highest BCUT2D eigenvalue weighted by molar-refractivity contribution is 7.87. The molecule has 0 aliphatic carbocycles. The van der Waals surface area contributed by atoms with Crippen molar-refractivity contribution >= 4 is 16.0 Å². The topological polar surface area (TPSA) is 99.3 Å². The number of hydrogen-bond acceptors (Lipinski definition) is 3. The minimum Gasteiger partial charge on any atom is -0.387 e. The maximum atomic E-state index is 11.3. The van der Waals surface area contributed by atoms with E-state index >= 15 is 0 Å². The van der Waals surface area contributed by atoms with E-state index in [1.54, 1.807) is 13.8 Å². The Kier molecular flexibility index (Phi) is 4.31. The summed E-state index contributed by atoms with van der Waals surface area (Å²) in [6.45, 7) is 3.35. The molecule has 0 aromatic rings. The fourth-order valence-corrected chi connectivity index (χ4v) is 1.80. The first kappa shape index (κ1) is 12.3. The van der Waals surface area contributed by atoms with E-state index in [-0.39, 0.29) is 18.4 Å². The third-order valence-corrected chi connectivity index (χ3v) is 2.91. The van der Waals surface area contributed by atoms with Gasteiger partial charge in [0.1, 0.15) is 5.84 Å². The van der Waals surface area contributed by atoms with E-state index in [1.165, 1.54) is 7.05 Å². The number of nitrogens with one attached hydrogen (secondary N) is 2. The first-order valence-corrected chi connectivity index (χ1v) is 5.26. The van der Waals surface area contributed by atoms with Crippen molar-refractivity contribution in [2.75, 3.05) is 13.6 Å². The molecule has 0 radical (unpaired) electrons. The van der Waals surface area contributed by atoms with Crippen LogP contribution in [0.3, 0.4) is 0 Å². The lowest BCUT2D eigenvalue weighted by atomic mass is 10.4. The third kappa shape index (κ3) is 4.81. The third-order valence-electron chi connectivity index (χ3n) is 1.19. The Morgan fingerprint density at radius 1 is 1.62 bits per heavy atom. The second-order valence-corrected chi connectivity index (χ2v) is 4.87. The Bertz CT molecular complexity index is 272.